The van der Waals surface area contributed by atoms with Crippen molar-refractivity contribution in [3.8, 4) is 0 Å². The highest BCUT2D eigenvalue weighted by Crippen LogP contribution is 2.30. The fourth-order valence-corrected chi connectivity index (χ4v) is 1.83. The number of rotatable bonds is 3. The van der Waals surface area contributed by atoms with E-state index in [9.17, 15) is 9.59 Å². The predicted molar refractivity (Wildman–Crippen MR) is 69.7 cm³/mol. The maximum Gasteiger partial charge on any atom is 0.338 e. The van der Waals surface area contributed by atoms with Gasteiger partial charge in [-0.05, 0) is 17.7 Å². The van der Waals surface area contributed by atoms with Gasteiger partial charge in [-0.15, -0.1) is 0 Å². The van der Waals surface area contributed by atoms with Gasteiger partial charge in [0.05, 0.1) is 29.1 Å². The summed E-state index contributed by atoms with van der Waals surface area (Å²) in [5, 5.41) is 0. The van der Waals surface area contributed by atoms with Gasteiger partial charge in [0.2, 0.25) is 0 Å². The molecule has 0 bridgehead atoms. The quantitative estimate of drug-likeness (QED) is 0.610. The minimum atomic E-state index is -0.576. The van der Waals surface area contributed by atoms with Crippen LogP contribution in [-0.2, 0) is 9.47 Å². The molecule has 92 valence electrons. The molecular formula is C11H10Br2O4. The first kappa shape index (κ1) is 14.2. The van der Waals surface area contributed by atoms with Crippen LogP contribution in [0.15, 0.2) is 18.2 Å². The van der Waals surface area contributed by atoms with Gasteiger partial charge in [-0.2, -0.15) is 0 Å². The summed E-state index contributed by atoms with van der Waals surface area (Å²) in [6.45, 7) is 0. The van der Waals surface area contributed by atoms with E-state index in [2.05, 4.69) is 41.3 Å². The zero-order valence-electron chi connectivity index (χ0n) is 9.20. The van der Waals surface area contributed by atoms with Crippen molar-refractivity contribution in [2.45, 2.75) is 3.74 Å². The summed E-state index contributed by atoms with van der Waals surface area (Å²) in [5.41, 5.74) is 1.17. The Bertz CT molecular complexity index is 443. The molecule has 17 heavy (non-hydrogen) atoms. The second kappa shape index (κ2) is 6.16. The van der Waals surface area contributed by atoms with E-state index in [0.717, 1.165) is 5.56 Å². The fraction of sp³-hybridized carbons (Fsp3) is 0.273. The van der Waals surface area contributed by atoms with Gasteiger partial charge in [0.1, 0.15) is 0 Å². The second-order valence-corrected chi connectivity index (χ2v) is 6.15. The lowest BCUT2D eigenvalue weighted by Crippen LogP contribution is -2.12. The van der Waals surface area contributed by atoms with Crippen LogP contribution in [0.5, 0.6) is 0 Å². The SMILES string of the molecule is COC(=O)c1ccc(C(Br)Br)cc1C(=O)OC. The smallest absolute Gasteiger partial charge is 0.338 e. The van der Waals surface area contributed by atoms with Gasteiger partial charge in [0.25, 0.3) is 0 Å². The molecule has 1 aromatic carbocycles. The summed E-state index contributed by atoms with van der Waals surface area (Å²) in [5.74, 6) is -1.15. The van der Waals surface area contributed by atoms with E-state index in [1.807, 2.05) is 0 Å². The topological polar surface area (TPSA) is 52.6 Å². The molecule has 0 aliphatic rings. The number of esters is 2. The largest absolute Gasteiger partial charge is 0.465 e. The molecule has 0 radical (unpaired) electrons. The van der Waals surface area contributed by atoms with Gasteiger partial charge in [-0.25, -0.2) is 9.59 Å². The Morgan fingerprint density at radius 3 is 2.06 bits per heavy atom. The van der Waals surface area contributed by atoms with Crippen molar-refractivity contribution in [1.29, 1.82) is 0 Å². The molecule has 0 N–H and O–H groups in total. The Balaban J connectivity index is 3.31. The Labute approximate surface area is 116 Å². The second-order valence-electron chi connectivity index (χ2n) is 3.09. The van der Waals surface area contributed by atoms with Gasteiger partial charge in [0, 0.05) is 0 Å². The summed E-state index contributed by atoms with van der Waals surface area (Å²) in [6, 6.07) is 4.82. The van der Waals surface area contributed by atoms with E-state index in [4.69, 9.17) is 0 Å². The van der Waals surface area contributed by atoms with Crippen molar-refractivity contribution in [3.05, 3.63) is 34.9 Å². The Morgan fingerprint density at radius 2 is 1.59 bits per heavy atom. The predicted octanol–water partition coefficient (Wildman–Crippen LogP) is 3.05. The molecule has 0 spiro atoms. The monoisotopic (exact) mass is 364 g/mol. The molecule has 4 nitrogen and oxygen atoms in total. The molecule has 0 aliphatic carbocycles. The zero-order chi connectivity index (χ0) is 13.0. The number of methoxy groups -OCH3 is 2. The van der Waals surface area contributed by atoms with Crippen LogP contribution in [0.1, 0.15) is 30.0 Å². The van der Waals surface area contributed by atoms with E-state index in [1.165, 1.54) is 20.3 Å². The zero-order valence-corrected chi connectivity index (χ0v) is 12.4. The Morgan fingerprint density at radius 1 is 1.06 bits per heavy atom. The summed E-state index contributed by atoms with van der Waals surface area (Å²) in [7, 11) is 2.52. The molecule has 0 heterocycles. The minimum absolute atomic E-state index is 0.106. The summed E-state index contributed by atoms with van der Waals surface area (Å²) in [4.78, 5) is 23.1. The standard InChI is InChI=1S/C11H10Br2O4/c1-16-10(14)7-4-3-6(9(12)13)5-8(7)11(15)17-2/h3-5,9H,1-2H3. The third-order valence-corrected chi connectivity index (χ3v) is 3.16. The lowest BCUT2D eigenvalue weighted by molar-refractivity contribution is 0.0555. The highest BCUT2D eigenvalue weighted by Gasteiger charge is 2.19. The lowest BCUT2D eigenvalue weighted by Gasteiger charge is -2.09. The Hall–Kier alpha value is -0.880. The number of carbonyl (C=O) groups is 2. The maximum atomic E-state index is 11.6. The third kappa shape index (κ3) is 3.29. The number of hydrogen-bond acceptors (Lipinski definition) is 4. The van der Waals surface area contributed by atoms with E-state index >= 15 is 0 Å². The molecule has 0 atom stereocenters. The molecule has 0 amide bonds. The van der Waals surface area contributed by atoms with Crippen LogP contribution in [0.25, 0.3) is 0 Å². The van der Waals surface area contributed by atoms with Gasteiger partial charge in [-0.3, -0.25) is 0 Å². The van der Waals surface area contributed by atoms with E-state index in [0.29, 0.717) is 0 Å². The van der Waals surface area contributed by atoms with Crippen LogP contribution < -0.4 is 0 Å². The first-order valence-corrected chi connectivity index (χ1v) is 6.43. The van der Waals surface area contributed by atoms with Crippen LogP contribution in [-0.4, -0.2) is 26.2 Å². The first-order chi connectivity index (χ1) is 8.01. The molecule has 1 aromatic rings. The highest BCUT2D eigenvalue weighted by atomic mass is 79.9. The van der Waals surface area contributed by atoms with Gasteiger partial charge in [-0.1, -0.05) is 37.9 Å². The molecule has 0 aliphatic heterocycles. The van der Waals surface area contributed by atoms with Crippen molar-refractivity contribution in [2.24, 2.45) is 0 Å². The van der Waals surface area contributed by atoms with Crippen molar-refractivity contribution in [2.75, 3.05) is 14.2 Å². The van der Waals surface area contributed by atoms with Crippen LogP contribution in [0.4, 0.5) is 0 Å². The Kier molecular flexibility index (Phi) is 5.14. The van der Waals surface area contributed by atoms with Crippen LogP contribution >= 0.6 is 31.9 Å². The number of benzene rings is 1. The van der Waals surface area contributed by atoms with Crippen molar-refractivity contribution >= 4 is 43.8 Å². The third-order valence-electron chi connectivity index (χ3n) is 2.11. The van der Waals surface area contributed by atoms with Crippen LogP contribution in [0.3, 0.4) is 0 Å². The van der Waals surface area contributed by atoms with Crippen molar-refractivity contribution in [3.63, 3.8) is 0 Å². The number of carbonyl (C=O) groups excluding carboxylic acids is 2. The summed E-state index contributed by atoms with van der Waals surface area (Å²) < 4.78 is 9.12. The van der Waals surface area contributed by atoms with Crippen molar-refractivity contribution in [1.82, 2.24) is 0 Å². The average molecular weight is 366 g/mol. The van der Waals surface area contributed by atoms with E-state index in [1.54, 1.807) is 12.1 Å². The highest BCUT2D eigenvalue weighted by molar-refractivity contribution is 9.24. The molecule has 0 unspecified atom stereocenters. The number of halogens is 2. The van der Waals surface area contributed by atoms with Gasteiger partial charge >= 0.3 is 11.9 Å². The van der Waals surface area contributed by atoms with E-state index < -0.39 is 11.9 Å². The molecular weight excluding hydrogens is 356 g/mol. The first-order valence-electron chi connectivity index (χ1n) is 4.60. The minimum Gasteiger partial charge on any atom is -0.465 e. The van der Waals surface area contributed by atoms with Crippen LogP contribution in [0, 0.1) is 0 Å². The van der Waals surface area contributed by atoms with Crippen LogP contribution in [0.2, 0.25) is 0 Å². The molecule has 1 rings (SSSR count). The fourth-order valence-electron chi connectivity index (χ4n) is 1.26. The normalized spacial score (nSPS) is 10.2. The molecule has 0 saturated heterocycles. The molecule has 0 aromatic heterocycles. The molecule has 6 heteroatoms. The number of hydrogen-bond donors (Lipinski definition) is 0. The average Bonchev–Trinajstić information content (AvgIpc) is 2.35. The molecule has 0 saturated carbocycles. The molecule has 0 fully saturated rings. The van der Waals surface area contributed by atoms with Gasteiger partial charge in [0.15, 0.2) is 0 Å². The summed E-state index contributed by atoms with van der Waals surface area (Å²) >= 11 is 6.63. The number of ether oxygens (including phenoxy) is 2. The van der Waals surface area contributed by atoms with Gasteiger partial charge < -0.3 is 9.47 Å². The lowest BCUT2D eigenvalue weighted by atomic mass is 10.0. The van der Waals surface area contributed by atoms with Crippen molar-refractivity contribution < 1.29 is 19.1 Å². The maximum absolute atomic E-state index is 11.6. The summed E-state index contributed by atoms with van der Waals surface area (Å²) in [6.07, 6.45) is 0. The number of alkyl halides is 2. The van der Waals surface area contributed by atoms with E-state index in [-0.39, 0.29) is 14.9 Å².